The summed E-state index contributed by atoms with van der Waals surface area (Å²) < 4.78 is 10.8. The Morgan fingerprint density at radius 3 is 2.67 bits per heavy atom. The molecule has 9 heteroatoms. The van der Waals surface area contributed by atoms with Gasteiger partial charge in [-0.3, -0.25) is 0 Å². The third kappa shape index (κ3) is 8.52. The zero-order valence-electron chi connectivity index (χ0n) is 15.4. The summed E-state index contributed by atoms with van der Waals surface area (Å²) in [6.07, 6.45) is 1.93. The van der Waals surface area contributed by atoms with Gasteiger partial charge in [0.25, 0.3) is 0 Å². The third-order valence-electron chi connectivity index (χ3n) is 3.21. The highest BCUT2D eigenvalue weighted by Crippen LogP contribution is 2.19. The van der Waals surface area contributed by atoms with Crippen LogP contribution < -0.4 is 10.6 Å². The van der Waals surface area contributed by atoms with Gasteiger partial charge in [-0.05, 0) is 40.9 Å². The van der Waals surface area contributed by atoms with Crippen molar-refractivity contribution in [2.45, 2.75) is 52.0 Å². The van der Waals surface area contributed by atoms with Crippen LogP contribution in [-0.2, 0) is 11.3 Å². The molecular formula is C15H30IN5O2S. The molecule has 1 atom stereocenters. The van der Waals surface area contributed by atoms with Crippen LogP contribution >= 0.6 is 35.7 Å². The highest BCUT2D eigenvalue weighted by Gasteiger charge is 2.17. The highest BCUT2D eigenvalue weighted by molar-refractivity contribution is 14.0. The number of ether oxygens (including phenoxy) is 1. The van der Waals surface area contributed by atoms with Crippen LogP contribution in [0.2, 0.25) is 0 Å². The second-order valence-electron chi connectivity index (χ2n) is 5.66. The van der Waals surface area contributed by atoms with Crippen LogP contribution in [0.4, 0.5) is 0 Å². The van der Waals surface area contributed by atoms with E-state index in [2.05, 4.69) is 45.9 Å². The number of aliphatic imine (C=N–C) groups is 1. The van der Waals surface area contributed by atoms with Gasteiger partial charge in [-0.15, -0.1) is 24.0 Å². The number of guanidine groups is 1. The third-order valence-corrected chi connectivity index (χ3v) is 4.46. The fourth-order valence-electron chi connectivity index (χ4n) is 1.68. The van der Waals surface area contributed by atoms with Crippen molar-refractivity contribution in [2.75, 3.05) is 26.0 Å². The van der Waals surface area contributed by atoms with Gasteiger partial charge < -0.3 is 19.9 Å². The number of aromatic nitrogens is 2. The van der Waals surface area contributed by atoms with Crippen molar-refractivity contribution in [3.63, 3.8) is 0 Å². The largest absolute Gasteiger partial charge is 0.371 e. The lowest BCUT2D eigenvalue weighted by atomic mass is 10.2. The number of halogens is 1. The SMILES string of the molecule is CCNC(=NCc1nc(C(C)OCC)no1)NCC(C)(C)SC.I. The standard InChI is InChI=1S/C15H29N5O2S.HI/c1-7-16-14(18-10-15(4,5)23-6)17-9-12-19-13(20-22-12)11(3)21-8-2;/h11H,7-10H2,1-6H3,(H2,16,17,18);1H. The van der Waals surface area contributed by atoms with Crippen molar-refractivity contribution in [1.82, 2.24) is 20.8 Å². The van der Waals surface area contributed by atoms with E-state index in [4.69, 9.17) is 9.26 Å². The first kappa shape index (κ1) is 23.4. The molecule has 1 heterocycles. The molecule has 0 aliphatic heterocycles. The molecule has 0 saturated heterocycles. The van der Waals surface area contributed by atoms with Gasteiger partial charge in [0.05, 0.1) is 0 Å². The van der Waals surface area contributed by atoms with Crippen molar-refractivity contribution in [3.8, 4) is 0 Å². The predicted molar refractivity (Wildman–Crippen MR) is 110 cm³/mol. The predicted octanol–water partition coefficient (Wildman–Crippen LogP) is 2.98. The maximum Gasteiger partial charge on any atom is 0.248 e. The second-order valence-corrected chi connectivity index (χ2v) is 7.17. The zero-order valence-corrected chi connectivity index (χ0v) is 18.5. The molecule has 0 aliphatic rings. The molecular weight excluding hydrogens is 441 g/mol. The average Bonchev–Trinajstić information content (AvgIpc) is 2.99. The Balaban J connectivity index is 0.00000529. The fraction of sp³-hybridized carbons (Fsp3) is 0.800. The molecule has 0 radical (unpaired) electrons. The Hall–Kier alpha value is -0.550. The van der Waals surface area contributed by atoms with Crippen molar-refractivity contribution >= 4 is 41.7 Å². The molecule has 1 unspecified atom stereocenters. The molecule has 0 aliphatic carbocycles. The lowest BCUT2D eigenvalue weighted by Crippen LogP contribution is -2.43. The lowest BCUT2D eigenvalue weighted by molar-refractivity contribution is 0.0683. The van der Waals surface area contributed by atoms with Crippen LogP contribution in [0.3, 0.4) is 0 Å². The maximum atomic E-state index is 5.45. The Bertz CT molecular complexity index is 496. The molecule has 0 fully saturated rings. The summed E-state index contributed by atoms with van der Waals surface area (Å²) in [5, 5.41) is 10.5. The molecule has 0 bridgehead atoms. The van der Waals surface area contributed by atoms with Crippen LogP contribution in [0.25, 0.3) is 0 Å². The van der Waals surface area contributed by atoms with Gasteiger partial charge in [0, 0.05) is 24.4 Å². The van der Waals surface area contributed by atoms with E-state index < -0.39 is 0 Å². The van der Waals surface area contributed by atoms with Gasteiger partial charge in [0.15, 0.2) is 11.8 Å². The number of rotatable bonds is 9. The summed E-state index contributed by atoms with van der Waals surface area (Å²) in [5.41, 5.74) is 0. The zero-order chi connectivity index (χ0) is 17.3. The topological polar surface area (TPSA) is 84.6 Å². The molecule has 1 aromatic rings. The van der Waals surface area contributed by atoms with Crippen LogP contribution in [0.15, 0.2) is 9.52 Å². The summed E-state index contributed by atoms with van der Waals surface area (Å²) in [6, 6.07) is 0. The Kier molecular flexibility index (Phi) is 11.6. The monoisotopic (exact) mass is 471 g/mol. The van der Waals surface area contributed by atoms with Crippen LogP contribution in [0.5, 0.6) is 0 Å². The Morgan fingerprint density at radius 2 is 2.08 bits per heavy atom. The minimum Gasteiger partial charge on any atom is -0.371 e. The first-order valence-corrected chi connectivity index (χ1v) is 9.15. The quantitative estimate of drug-likeness (QED) is 0.326. The summed E-state index contributed by atoms with van der Waals surface area (Å²) >= 11 is 1.81. The number of thioether (sulfide) groups is 1. The van der Waals surface area contributed by atoms with E-state index in [9.17, 15) is 0 Å². The highest BCUT2D eigenvalue weighted by atomic mass is 127. The molecule has 24 heavy (non-hydrogen) atoms. The number of nitrogens with one attached hydrogen (secondary N) is 2. The van der Waals surface area contributed by atoms with Crippen LogP contribution in [0.1, 0.15) is 52.4 Å². The minimum atomic E-state index is -0.171. The van der Waals surface area contributed by atoms with E-state index in [-0.39, 0.29) is 34.8 Å². The van der Waals surface area contributed by atoms with E-state index in [1.54, 1.807) is 0 Å². The van der Waals surface area contributed by atoms with Crippen molar-refractivity contribution in [2.24, 2.45) is 4.99 Å². The maximum absolute atomic E-state index is 5.45. The molecule has 0 spiro atoms. The van der Waals surface area contributed by atoms with Gasteiger partial charge in [-0.2, -0.15) is 16.7 Å². The van der Waals surface area contributed by atoms with E-state index in [1.165, 1.54) is 0 Å². The number of nitrogens with zero attached hydrogens (tertiary/aromatic N) is 3. The first-order chi connectivity index (χ1) is 10.9. The molecule has 7 nitrogen and oxygen atoms in total. The molecule has 1 rings (SSSR count). The smallest absolute Gasteiger partial charge is 0.248 e. The van der Waals surface area contributed by atoms with Gasteiger partial charge in [-0.1, -0.05) is 5.16 Å². The lowest BCUT2D eigenvalue weighted by Gasteiger charge is -2.23. The Labute approximate surface area is 166 Å². The van der Waals surface area contributed by atoms with E-state index in [0.717, 1.165) is 19.0 Å². The molecule has 0 amide bonds. The summed E-state index contributed by atoms with van der Waals surface area (Å²) in [6.45, 7) is 12.8. The van der Waals surface area contributed by atoms with Gasteiger partial charge in [-0.25, -0.2) is 4.99 Å². The normalized spacial score (nSPS) is 13.3. The van der Waals surface area contributed by atoms with Crippen molar-refractivity contribution in [1.29, 1.82) is 0 Å². The number of hydrogen-bond donors (Lipinski definition) is 2. The van der Waals surface area contributed by atoms with Gasteiger partial charge in [0.2, 0.25) is 5.89 Å². The molecule has 140 valence electrons. The van der Waals surface area contributed by atoms with Crippen molar-refractivity contribution in [3.05, 3.63) is 11.7 Å². The van der Waals surface area contributed by atoms with E-state index >= 15 is 0 Å². The van der Waals surface area contributed by atoms with E-state index in [1.807, 2.05) is 32.5 Å². The Morgan fingerprint density at radius 1 is 1.38 bits per heavy atom. The van der Waals surface area contributed by atoms with Gasteiger partial charge in [0.1, 0.15) is 12.6 Å². The van der Waals surface area contributed by atoms with Gasteiger partial charge >= 0.3 is 0 Å². The molecule has 0 aromatic carbocycles. The average molecular weight is 471 g/mol. The summed E-state index contributed by atoms with van der Waals surface area (Å²) in [4.78, 5) is 8.80. The van der Waals surface area contributed by atoms with Crippen LogP contribution in [0, 0.1) is 0 Å². The minimum absolute atomic E-state index is 0. The van der Waals surface area contributed by atoms with Crippen LogP contribution in [-0.4, -0.2) is 46.8 Å². The second kappa shape index (κ2) is 11.9. The summed E-state index contributed by atoms with van der Waals surface area (Å²) in [7, 11) is 0. The fourth-order valence-corrected chi connectivity index (χ4v) is 1.90. The number of hydrogen-bond acceptors (Lipinski definition) is 6. The molecule has 2 N–H and O–H groups in total. The van der Waals surface area contributed by atoms with E-state index in [0.29, 0.717) is 24.9 Å². The molecule has 1 aromatic heterocycles. The first-order valence-electron chi connectivity index (χ1n) is 7.93. The molecule has 0 saturated carbocycles. The van der Waals surface area contributed by atoms with Crippen molar-refractivity contribution < 1.29 is 9.26 Å². The summed E-state index contributed by atoms with van der Waals surface area (Å²) in [5.74, 6) is 1.78.